The van der Waals surface area contributed by atoms with E-state index in [0.717, 1.165) is 4.57 Å². The fourth-order valence-corrected chi connectivity index (χ4v) is 4.48. The Morgan fingerprint density at radius 2 is 1.06 bits per heavy atom. The lowest BCUT2D eigenvalue weighted by Gasteiger charge is -2.26. The molecular weight excluding hydrogens is 666 g/mol. The largest absolute Gasteiger partial charge is 0.501 e. The van der Waals surface area contributed by atoms with Crippen LogP contribution in [0.4, 0.5) is 8.78 Å². The third-order valence-corrected chi connectivity index (χ3v) is 7.46. The predicted octanol–water partition coefficient (Wildman–Crippen LogP) is 3.03. The molecular formula is C35H48F2N8O6. The molecule has 0 unspecified atom stereocenters. The number of nitrogens with one attached hydrogen (secondary N) is 3. The van der Waals surface area contributed by atoms with Crippen molar-refractivity contribution in [2.24, 2.45) is 19.8 Å². The molecule has 0 bridgehead atoms. The van der Waals surface area contributed by atoms with Crippen LogP contribution in [0.15, 0.2) is 58.1 Å². The minimum atomic E-state index is -0.979. The molecule has 7 N–H and O–H groups in total. The van der Waals surface area contributed by atoms with Gasteiger partial charge in [0.1, 0.15) is 23.3 Å². The summed E-state index contributed by atoms with van der Waals surface area (Å²) in [6.45, 7) is 7.06. The molecule has 16 heteroatoms. The SMILES string of the molecule is C.C.CNC(C)(C)c1nc(C(=O)NCc2ccc(F)cc2)c(O)c(=O)n1C.Cn1c(C(C)(C)N)nc(C(=O)NCc2ccc(F)cc2)c(O)c1=O. The van der Waals surface area contributed by atoms with Crippen molar-refractivity contribution in [3.05, 3.63) is 115 Å². The number of halogens is 2. The first-order valence-electron chi connectivity index (χ1n) is 14.9. The number of carbonyl (C=O) groups is 2. The predicted molar refractivity (Wildman–Crippen MR) is 190 cm³/mol. The maximum Gasteiger partial charge on any atom is 0.296 e. The number of nitrogens with zero attached hydrogens (tertiary/aromatic N) is 4. The molecule has 0 spiro atoms. The molecule has 14 nitrogen and oxygen atoms in total. The standard InChI is InChI=1S/C17H21FN4O3.C16H19FN4O3.2CH4/c1-17(2,19-3)16-21-12(13(23)15(25)22(16)4)14(24)20-9-10-5-7-11(18)8-6-10;1-16(2,18)15-20-11(12(22)14(24)21(15)3)13(23)19-8-9-4-6-10(17)7-5-9;;/h5-8,19,23H,9H2,1-4H3,(H,20,24);4-7,22H,8,18H2,1-3H3,(H,19,23);2*1H4. The first-order chi connectivity index (χ1) is 22.8. The number of hydrogen-bond donors (Lipinski definition) is 6. The molecule has 2 heterocycles. The number of aromatic nitrogens is 4. The van der Waals surface area contributed by atoms with Gasteiger partial charge in [-0.15, -0.1) is 0 Å². The molecule has 0 aliphatic rings. The van der Waals surface area contributed by atoms with Crippen molar-refractivity contribution in [1.29, 1.82) is 0 Å². The molecule has 278 valence electrons. The van der Waals surface area contributed by atoms with E-state index in [9.17, 15) is 38.2 Å². The number of benzene rings is 2. The average Bonchev–Trinajstić information content (AvgIpc) is 3.05. The van der Waals surface area contributed by atoms with E-state index < -0.39 is 51.2 Å². The molecule has 4 rings (SSSR count). The van der Waals surface area contributed by atoms with Gasteiger partial charge in [0.2, 0.25) is 11.5 Å². The van der Waals surface area contributed by atoms with Crippen molar-refractivity contribution in [2.45, 2.75) is 66.7 Å². The maximum absolute atomic E-state index is 12.9. The Balaban J connectivity index is 0.000000491. The average molecular weight is 715 g/mol. The van der Waals surface area contributed by atoms with Crippen LogP contribution in [0.5, 0.6) is 11.5 Å². The van der Waals surface area contributed by atoms with E-state index >= 15 is 0 Å². The minimum Gasteiger partial charge on any atom is -0.501 e. The normalized spacial score (nSPS) is 10.9. The Hall–Kier alpha value is -5.48. The van der Waals surface area contributed by atoms with E-state index in [1.165, 1.54) is 67.2 Å². The van der Waals surface area contributed by atoms with Crippen LogP contribution in [0.25, 0.3) is 0 Å². The van der Waals surface area contributed by atoms with Gasteiger partial charge in [0.15, 0.2) is 11.4 Å². The second kappa shape index (κ2) is 17.4. The number of rotatable bonds is 9. The van der Waals surface area contributed by atoms with Crippen LogP contribution >= 0.6 is 0 Å². The van der Waals surface area contributed by atoms with Crippen molar-refractivity contribution in [1.82, 2.24) is 35.1 Å². The summed E-state index contributed by atoms with van der Waals surface area (Å²) in [6, 6.07) is 11.2. The van der Waals surface area contributed by atoms with Crippen LogP contribution in [0, 0.1) is 11.6 Å². The third-order valence-electron chi connectivity index (χ3n) is 7.46. The molecule has 0 saturated heterocycles. The monoisotopic (exact) mass is 714 g/mol. The lowest BCUT2D eigenvalue weighted by molar-refractivity contribution is 0.0933. The highest BCUT2D eigenvalue weighted by molar-refractivity contribution is 5.95. The summed E-state index contributed by atoms with van der Waals surface area (Å²) in [5.74, 6) is -3.16. The molecule has 0 atom stereocenters. The number of nitrogens with two attached hydrogens (primary N) is 1. The number of carbonyl (C=O) groups excluding carboxylic acids is 2. The Morgan fingerprint density at radius 1 is 0.725 bits per heavy atom. The molecule has 0 aliphatic heterocycles. The van der Waals surface area contributed by atoms with Crippen molar-refractivity contribution in [3.63, 3.8) is 0 Å². The smallest absolute Gasteiger partial charge is 0.296 e. The molecule has 0 aliphatic carbocycles. The Kier molecular flexibility index (Phi) is 14.9. The maximum atomic E-state index is 12.9. The minimum absolute atomic E-state index is 0. The van der Waals surface area contributed by atoms with E-state index in [4.69, 9.17) is 5.73 Å². The summed E-state index contributed by atoms with van der Waals surface area (Å²) in [4.78, 5) is 57.1. The second-order valence-corrected chi connectivity index (χ2v) is 12.2. The van der Waals surface area contributed by atoms with E-state index in [2.05, 4.69) is 25.9 Å². The molecule has 51 heavy (non-hydrogen) atoms. The number of amides is 2. The highest BCUT2D eigenvalue weighted by Gasteiger charge is 2.29. The van der Waals surface area contributed by atoms with Gasteiger partial charge >= 0.3 is 0 Å². The number of hydrogen-bond acceptors (Lipinski definition) is 10. The van der Waals surface area contributed by atoms with Gasteiger partial charge < -0.3 is 31.9 Å². The van der Waals surface area contributed by atoms with Crippen molar-refractivity contribution in [2.75, 3.05) is 7.05 Å². The van der Waals surface area contributed by atoms with E-state index in [-0.39, 0.29) is 51.1 Å². The Labute approximate surface area is 295 Å². The Bertz CT molecular complexity index is 1950. The zero-order valence-corrected chi connectivity index (χ0v) is 28.2. The topological polar surface area (TPSA) is 206 Å². The van der Waals surface area contributed by atoms with Crippen LogP contribution in [0.3, 0.4) is 0 Å². The highest BCUT2D eigenvalue weighted by atomic mass is 19.1. The van der Waals surface area contributed by atoms with Gasteiger partial charge in [0.25, 0.3) is 22.9 Å². The quantitative estimate of drug-likeness (QED) is 0.149. The summed E-state index contributed by atoms with van der Waals surface area (Å²) < 4.78 is 28.1. The van der Waals surface area contributed by atoms with Crippen LogP contribution < -0.4 is 32.8 Å². The molecule has 4 aromatic rings. The van der Waals surface area contributed by atoms with Crippen LogP contribution in [-0.4, -0.2) is 48.2 Å². The van der Waals surface area contributed by atoms with Crippen molar-refractivity contribution < 1.29 is 28.6 Å². The van der Waals surface area contributed by atoms with Gasteiger partial charge in [-0.25, -0.2) is 18.7 Å². The second-order valence-electron chi connectivity index (χ2n) is 12.2. The van der Waals surface area contributed by atoms with Crippen LogP contribution in [-0.2, 0) is 38.3 Å². The van der Waals surface area contributed by atoms with Gasteiger partial charge in [-0.1, -0.05) is 39.1 Å². The molecule has 2 amide bonds. The van der Waals surface area contributed by atoms with Crippen molar-refractivity contribution in [3.8, 4) is 11.5 Å². The summed E-state index contributed by atoms with van der Waals surface area (Å²) in [5.41, 5.74) is 3.42. The van der Waals surface area contributed by atoms with Crippen LogP contribution in [0.2, 0.25) is 0 Å². The van der Waals surface area contributed by atoms with Crippen LogP contribution in [0.1, 0.15) is 86.3 Å². The van der Waals surface area contributed by atoms with Gasteiger partial charge in [-0.2, -0.15) is 0 Å². The molecule has 0 radical (unpaired) electrons. The lowest BCUT2D eigenvalue weighted by Crippen LogP contribution is -2.41. The Morgan fingerprint density at radius 3 is 1.39 bits per heavy atom. The van der Waals surface area contributed by atoms with E-state index in [0.29, 0.717) is 17.0 Å². The first kappa shape index (κ1) is 43.5. The fraction of sp³-hybridized carbons (Fsp3) is 0.371. The molecule has 2 aromatic carbocycles. The van der Waals surface area contributed by atoms with Gasteiger partial charge in [0, 0.05) is 27.2 Å². The molecule has 2 aromatic heterocycles. The zero-order valence-electron chi connectivity index (χ0n) is 28.2. The summed E-state index contributed by atoms with van der Waals surface area (Å²) >= 11 is 0. The molecule has 0 saturated carbocycles. The molecule has 0 fully saturated rings. The van der Waals surface area contributed by atoms with Gasteiger partial charge in [-0.3, -0.25) is 28.3 Å². The summed E-state index contributed by atoms with van der Waals surface area (Å²) in [5, 5.41) is 28.0. The summed E-state index contributed by atoms with van der Waals surface area (Å²) in [7, 11) is 4.59. The van der Waals surface area contributed by atoms with E-state index in [1.54, 1.807) is 34.7 Å². The highest BCUT2D eigenvalue weighted by Crippen LogP contribution is 2.20. The lowest BCUT2D eigenvalue weighted by atomic mass is 10.0. The number of aromatic hydroxyl groups is 2. The zero-order chi connectivity index (χ0) is 36.8. The summed E-state index contributed by atoms with van der Waals surface area (Å²) in [6.07, 6.45) is 0. The van der Waals surface area contributed by atoms with Gasteiger partial charge in [0.05, 0.1) is 11.1 Å². The fourth-order valence-electron chi connectivity index (χ4n) is 4.48. The van der Waals surface area contributed by atoms with Gasteiger partial charge in [-0.05, 0) is 70.1 Å². The third kappa shape index (κ3) is 10.5. The van der Waals surface area contributed by atoms with Crippen molar-refractivity contribution >= 4 is 11.8 Å². The first-order valence-corrected chi connectivity index (χ1v) is 14.9. The van der Waals surface area contributed by atoms with E-state index in [1.807, 2.05) is 0 Å².